The highest BCUT2D eigenvalue weighted by molar-refractivity contribution is 6.10. The maximum atomic E-state index is 2.30. The van der Waals surface area contributed by atoms with Gasteiger partial charge in [-0.15, -0.1) is 0 Å². The van der Waals surface area contributed by atoms with Crippen molar-refractivity contribution in [2.75, 3.05) is 0 Å². The predicted octanol–water partition coefficient (Wildman–Crippen LogP) is 5.12. The van der Waals surface area contributed by atoms with Crippen molar-refractivity contribution < 1.29 is 0 Å². The summed E-state index contributed by atoms with van der Waals surface area (Å²) in [4.78, 5) is 0. The molecule has 1 aliphatic rings. The number of rotatable bonds is 0. The van der Waals surface area contributed by atoms with Crippen LogP contribution in [0.4, 0.5) is 0 Å². The SMILES string of the molecule is CC1C=Cc2ccc3ccc4ccccc4c3c21. The van der Waals surface area contributed by atoms with E-state index in [9.17, 15) is 0 Å². The van der Waals surface area contributed by atoms with E-state index in [1.54, 1.807) is 0 Å². The van der Waals surface area contributed by atoms with Crippen LogP contribution in [0.3, 0.4) is 0 Å². The molecule has 18 heavy (non-hydrogen) atoms. The van der Waals surface area contributed by atoms with Crippen LogP contribution in [0.25, 0.3) is 27.6 Å². The fraction of sp³-hybridized carbons (Fsp3) is 0.111. The monoisotopic (exact) mass is 230 g/mol. The van der Waals surface area contributed by atoms with Crippen LogP contribution in [0.5, 0.6) is 0 Å². The van der Waals surface area contributed by atoms with Crippen molar-refractivity contribution in [2.24, 2.45) is 0 Å². The topological polar surface area (TPSA) is 0 Å². The summed E-state index contributed by atoms with van der Waals surface area (Å²) in [6.07, 6.45) is 4.55. The Kier molecular flexibility index (Phi) is 1.90. The van der Waals surface area contributed by atoms with Gasteiger partial charge in [-0.3, -0.25) is 0 Å². The molecule has 0 N–H and O–H groups in total. The Morgan fingerprint density at radius 1 is 0.833 bits per heavy atom. The van der Waals surface area contributed by atoms with Gasteiger partial charge >= 0.3 is 0 Å². The zero-order chi connectivity index (χ0) is 12.1. The van der Waals surface area contributed by atoms with E-state index in [1.807, 2.05) is 0 Å². The number of fused-ring (bicyclic) bond motifs is 5. The van der Waals surface area contributed by atoms with Crippen molar-refractivity contribution in [3.05, 3.63) is 65.7 Å². The number of allylic oxidation sites excluding steroid dienone is 1. The summed E-state index contributed by atoms with van der Waals surface area (Å²) in [7, 11) is 0. The second kappa shape index (κ2) is 3.46. The van der Waals surface area contributed by atoms with Gasteiger partial charge in [0.1, 0.15) is 0 Å². The average molecular weight is 230 g/mol. The Hall–Kier alpha value is -2.08. The molecule has 86 valence electrons. The third-order valence-corrected chi connectivity index (χ3v) is 4.00. The Morgan fingerprint density at radius 3 is 2.56 bits per heavy atom. The minimum atomic E-state index is 0.523. The van der Waals surface area contributed by atoms with E-state index in [4.69, 9.17) is 0 Å². The van der Waals surface area contributed by atoms with E-state index in [1.165, 1.54) is 32.7 Å². The largest absolute Gasteiger partial charge is 0.0766 e. The summed E-state index contributed by atoms with van der Waals surface area (Å²) in [6, 6.07) is 17.6. The van der Waals surface area contributed by atoms with Crippen LogP contribution < -0.4 is 0 Å². The molecule has 1 aliphatic carbocycles. The van der Waals surface area contributed by atoms with Crippen LogP contribution in [0.15, 0.2) is 54.6 Å². The van der Waals surface area contributed by atoms with E-state index < -0.39 is 0 Å². The summed E-state index contributed by atoms with van der Waals surface area (Å²) < 4.78 is 0. The molecule has 4 rings (SSSR count). The molecule has 0 nitrogen and oxygen atoms in total. The van der Waals surface area contributed by atoms with Crippen LogP contribution in [0.1, 0.15) is 24.0 Å². The Balaban J connectivity index is 2.28. The van der Waals surface area contributed by atoms with Crippen molar-refractivity contribution in [3.63, 3.8) is 0 Å². The molecule has 3 aromatic carbocycles. The molecule has 0 heteroatoms. The highest BCUT2D eigenvalue weighted by atomic mass is 14.2. The zero-order valence-corrected chi connectivity index (χ0v) is 10.4. The second-order valence-corrected chi connectivity index (χ2v) is 5.10. The molecular formula is C18H14. The standard InChI is InChI=1S/C18H14/c1-12-6-7-14-10-11-15-9-8-13-4-2-3-5-16(13)18(15)17(12)14/h2-12H,1H3. The van der Waals surface area contributed by atoms with Crippen LogP contribution in [-0.4, -0.2) is 0 Å². The molecule has 3 aromatic rings. The molecular weight excluding hydrogens is 216 g/mol. The first-order valence-corrected chi connectivity index (χ1v) is 6.47. The first-order valence-electron chi connectivity index (χ1n) is 6.47. The van der Waals surface area contributed by atoms with Gasteiger partial charge in [0.25, 0.3) is 0 Å². The van der Waals surface area contributed by atoms with Gasteiger partial charge < -0.3 is 0 Å². The quantitative estimate of drug-likeness (QED) is 0.470. The van der Waals surface area contributed by atoms with Crippen molar-refractivity contribution in [1.82, 2.24) is 0 Å². The van der Waals surface area contributed by atoms with Crippen molar-refractivity contribution in [2.45, 2.75) is 12.8 Å². The van der Waals surface area contributed by atoms with E-state index in [2.05, 4.69) is 67.6 Å². The highest BCUT2D eigenvalue weighted by Gasteiger charge is 2.17. The third-order valence-electron chi connectivity index (χ3n) is 4.00. The van der Waals surface area contributed by atoms with E-state index in [-0.39, 0.29) is 0 Å². The molecule has 0 aromatic heterocycles. The summed E-state index contributed by atoms with van der Waals surface area (Å²) >= 11 is 0. The van der Waals surface area contributed by atoms with Crippen molar-refractivity contribution >= 4 is 27.6 Å². The minimum absolute atomic E-state index is 0.523. The van der Waals surface area contributed by atoms with Gasteiger partial charge in [-0.25, -0.2) is 0 Å². The summed E-state index contributed by atoms with van der Waals surface area (Å²) in [5.74, 6) is 0.523. The lowest BCUT2D eigenvalue weighted by molar-refractivity contribution is 1.00. The normalized spacial score (nSPS) is 17.5. The lowest BCUT2D eigenvalue weighted by Crippen LogP contribution is -1.91. The third kappa shape index (κ3) is 1.20. The first kappa shape index (κ1) is 9.90. The van der Waals surface area contributed by atoms with Crippen molar-refractivity contribution in [3.8, 4) is 0 Å². The molecule has 0 spiro atoms. The fourth-order valence-electron chi connectivity index (χ4n) is 3.12. The number of hydrogen-bond donors (Lipinski definition) is 0. The fourth-order valence-corrected chi connectivity index (χ4v) is 3.12. The first-order chi connectivity index (χ1) is 8.84. The zero-order valence-electron chi connectivity index (χ0n) is 10.4. The maximum absolute atomic E-state index is 2.30. The Labute approximate surface area is 107 Å². The van der Waals surface area contributed by atoms with Crippen LogP contribution in [-0.2, 0) is 0 Å². The van der Waals surface area contributed by atoms with Crippen molar-refractivity contribution in [1.29, 1.82) is 0 Å². The van der Waals surface area contributed by atoms with Gasteiger partial charge in [0.2, 0.25) is 0 Å². The molecule has 0 saturated carbocycles. The molecule has 0 bridgehead atoms. The van der Waals surface area contributed by atoms with Crippen LogP contribution >= 0.6 is 0 Å². The highest BCUT2D eigenvalue weighted by Crippen LogP contribution is 2.38. The summed E-state index contributed by atoms with van der Waals surface area (Å²) in [5, 5.41) is 5.49. The molecule has 0 heterocycles. The van der Waals surface area contributed by atoms with Gasteiger partial charge in [-0.2, -0.15) is 0 Å². The lowest BCUT2D eigenvalue weighted by Gasteiger charge is -2.12. The molecule has 0 amide bonds. The van der Waals surface area contributed by atoms with Gasteiger partial charge in [-0.05, 0) is 32.7 Å². The maximum Gasteiger partial charge on any atom is 0.000521 e. The molecule has 0 saturated heterocycles. The van der Waals surface area contributed by atoms with Gasteiger partial charge in [-0.1, -0.05) is 67.6 Å². The summed E-state index contributed by atoms with van der Waals surface area (Å²) in [5.41, 5.74) is 2.87. The predicted molar refractivity (Wildman–Crippen MR) is 78.9 cm³/mol. The van der Waals surface area contributed by atoms with E-state index in [0.29, 0.717) is 5.92 Å². The van der Waals surface area contributed by atoms with Crippen LogP contribution in [0, 0.1) is 0 Å². The van der Waals surface area contributed by atoms with Crippen LogP contribution in [0.2, 0.25) is 0 Å². The number of hydrogen-bond acceptors (Lipinski definition) is 0. The van der Waals surface area contributed by atoms with Gasteiger partial charge in [0.05, 0.1) is 0 Å². The van der Waals surface area contributed by atoms with Gasteiger partial charge in [0.15, 0.2) is 0 Å². The van der Waals surface area contributed by atoms with E-state index >= 15 is 0 Å². The smallest absolute Gasteiger partial charge is 0.000521 e. The second-order valence-electron chi connectivity index (χ2n) is 5.10. The van der Waals surface area contributed by atoms with Gasteiger partial charge in [0, 0.05) is 5.92 Å². The number of benzene rings is 3. The Bertz CT molecular complexity index is 794. The minimum Gasteiger partial charge on any atom is -0.0766 e. The molecule has 1 unspecified atom stereocenters. The molecule has 0 radical (unpaired) electrons. The molecule has 0 aliphatic heterocycles. The Morgan fingerprint density at radius 2 is 1.61 bits per heavy atom. The molecule has 0 fully saturated rings. The van der Waals surface area contributed by atoms with E-state index in [0.717, 1.165) is 0 Å². The molecule has 1 atom stereocenters. The lowest BCUT2D eigenvalue weighted by atomic mass is 9.91. The average Bonchev–Trinajstić information content (AvgIpc) is 2.80. The summed E-state index contributed by atoms with van der Waals surface area (Å²) in [6.45, 7) is 2.28.